The number of urea groups is 2. The molecule has 3 aromatic rings. The molecule has 3 heterocycles. The molecular weight excluding hydrogens is 764 g/mol. The molecule has 0 spiro atoms. The van der Waals surface area contributed by atoms with Gasteiger partial charge in [-0.25, -0.2) is 9.59 Å². The minimum absolute atomic E-state index is 0.0243. The van der Waals surface area contributed by atoms with E-state index >= 15 is 0 Å². The monoisotopic (exact) mass is 808 g/mol. The number of carbonyl (C=O) groups is 3. The third-order valence-electron chi connectivity index (χ3n) is 9.88. The Labute approximate surface area is 311 Å². The number of anilines is 4. The van der Waals surface area contributed by atoms with Crippen molar-refractivity contribution in [3.8, 4) is 0 Å². The largest absolute Gasteiger partial charge is 0.397 e. The van der Waals surface area contributed by atoms with Gasteiger partial charge in [0.15, 0.2) is 0 Å². The van der Waals surface area contributed by atoms with E-state index in [1.807, 2.05) is 65.6 Å². The van der Waals surface area contributed by atoms with Gasteiger partial charge in [0.1, 0.15) is 6.04 Å². The molecule has 0 aromatic heterocycles. The van der Waals surface area contributed by atoms with Crippen LogP contribution in [0.3, 0.4) is 0 Å². The van der Waals surface area contributed by atoms with E-state index in [1.54, 1.807) is 4.90 Å². The second kappa shape index (κ2) is 16.9. The molecule has 3 aliphatic rings. The molecule has 6 rings (SSSR count). The van der Waals surface area contributed by atoms with Crippen LogP contribution >= 0.6 is 31.9 Å². The Hall–Kier alpha value is -3.81. The van der Waals surface area contributed by atoms with Gasteiger partial charge in [-0.2, -0.15) is 0 Å². The first-order valence-corrected chi connectivity index (χ1v) is 19.1. The smallest absolute Gasteiger partial charge is 0.322 e. The maximum atomic E-state index is 14.0. The third-order valence-corrected chi connectivity index (χ3v) is 11.2. The predicted octanol–water partition coefficient (Wildman–Crippen LogP) is 6.51. The maximum absolute atomic E-state index is 14.0. The molecule has 5 amide bonds. The first-order chi connectivity index (χ1) is 24.2. The van der Waals surface area contributed by atoms with Gasteiger partial charge in [-0.15, -0.1) is 0 Å². The number of nitrogens with zero attached hydrogens (tertiary/aromatic N) is 3. The van der Waals surface area contributed by atoms with Gasteiger partial charge < -0.3 is 41.7 Å². The van der Waals surface area contributed by atoms with Crippen LogP contribution in [0.5, 0.6) is 0 Å². The van der Waals surface area contributed by atoms with Gasteiger partial charge in [-0.05, 0) is 131 Å². The molecule has 11 nitrogen and oxygen atoms in total. The number of likely N-dealkylation sites (tertiary alicyclic amines) is 2. The lowest BCUT2D eigenvalue weighted by atomic mass is 10.0. The number of para-hydroxylation sites is 3. The van der Waals surface area contributed by atoms with Crippen LogP contribution in [0.15, 0.2) is 69.6 Å². The zero-order valence-electron chi connectivity index (χ0n) is 28.2. The Kier molecular flexibility index (Phi) is 12.2. The zero-order chi connectivity index (χ0) is 35.0. The van der Waals surface area contributed by atoms with E-state index < -0.39 is 6.04 Å². The van der Waals surface area contributed by atoms with Crippen LogP contribution in [0.1, 0.15) is 43.2 Å². The highest BCUT2D eigenvalue weighted by atomic mass is 79.9. The summed E-state index contributed by atoms with van der Waals surface area (Å²) in [4.78, 5) is 47.0. The number of piperidine rings is 1. The van der Waals surface area contributed by atoms with Crippen LogP contribution in [0.25, 0.3) is 0 Å². The normalized spacial score (nSPS) is 17.4. The molecule has 0 unspecified atom stereocenters. The van der Waals surface area contributed by atoms with Crippen LogP contribution in [0.2, 0.25) is 0 Å². The van der Waals surface area contributed by atoms with Gasteiger partial charge in [0.05, 0.1) is 17.1 Å². The number of fused-ring (bicyclic) bond motifs is 1. The number of benzene rings is 3. The Balaban J connectivity index is 1.09. The first-order valence-electron chi connectivity index (χ1n) is 17.6. The molecule has 0 saturated carbocycles. The van der Waals surface area contributed by atoms with Gasteiger partial charge in [-0.1, -0.05) is 30.3 Å². The molecule has 0 bridgehead atoms. The second-order valence-corrected chi connectivity index (χ2v) is 15.0. The predicted molar refractivity (Wildman–Crippen MR) is 207 cm³/mol. The zero-order valence-corrected chi connectivity index (χ0v) is 31.4. The van der Waals surface area contributed by atoms with Crippen LogP contribution < -0.4 is 27.0 Å². The first kappa shape index (κ1) is 36.0. The van der Waals surface area contributed by atoms with E-state index in [-0.39, 0.29) is 30.4 Å². The molecule has 3 aromatic carbocycles. The van der Waals surface area contributed by atoms with E-state index in [4.69, 9.17) is 5.73 Å². The Morgan fingerprint density at radius 1 is 0.920 bits per heavy atom. The van der Waals surface area contributed by atoms with Gasteiger partial charge in [0.2, 0.25) is 5.91 Å². The molecular formula is C37H46Br2N8O3. The molecule has 2 fully saturated rings. The molecule has 0 aliphatic carbocycles. The fourth-order valence-corrected chi connectivity index (χ4v) is 8.34. The van der Waals surface area contributed by atoms with Crippen LogP contribution in [0.4, 0.5) is 32.3 Å². The van der Waals surface area contributed by atoms with E-state index in [1.165, 1.54) is 25.9 Å². The van der Waals surface area contributed by atoms with Crippen molar-refractivity contribution in [2.24, 2.45) is 0 Å². The molecule has 6 N–H and O–H groups in total. The lowest BCUT2D eigenvalue weighted by Gasteiger charge is -2.38. The lowest BCUT2D eigenvalue weighted by Crippen LogP contribution is -2.55. The molecule has 3 aliphatic heterocycles. The summed E-state index contributed by atoms with van der Waals surface area (Å²) < 4.78 is 1.41. The number of nitrogens with two attached hydrogens (primary N) is 1. The SMILES string of the molecule is Nc1c(Br)cc(C[C@@H](NC(=O)N2CCC(N3CCc4ccccc4NC3=O)CC2)C(=O)Nc2ccccc2NCCCN2CCCC2)cc1Br. The number of hydrogen-bond acceptors (Lipinski definition) is 6. The van der Waals surface area contributed by atoms with E-state index in [0.717, 1.165) is 48.4 Å². The fourth-order valence-electron chi connectivity index (χ4n) is 7.06. The lowest BCUT2D eigenvalue weighted by molar-refractivity contribution is -0.118. The van der Waals surface area contributed by atoms with Crippen molar-refractivity contribution in [2.75, 3.05) is 67.5 Å². The number of halogens is 2. The third kappa shape index (κ3) is 9.10. The average molecular weight is 811 g/mol. The van der Waals surface area contributed by atoms with E-state index in [0.29, 0.717) is 52.8 Å². The molecule has 50 heavy (non-hydrogen) atoms. The molecule has 0 radical (unpaired) electrons. The van der Waals surface area contributed by atoms with E-state index in [2.05, 4.69) is 58.0 Å². The number of rotatable bonds is 11. The molecule has 1 atom stereocenters. The van der Waals surface area contributed by atoms with Crippen molar-refractivity contribution in [2.45, 2.75) is 57.0 Å². The highest BCUT2D eigenvalue weighted by molar-refractivity contribution is 9.11. The molecule has 13 heteroatoms. The van der Waals surface area contributed by atoms with Crippen LogP contribution in [-0.4, -0.2) is 90.6 Å². The maximum Gasteiger partial charge on any atom is 0.322 e. The molecule has 266 valence electrons. The number of amides is 5. The van der Waals surface area contributed by atoms with E-state index in [9.17, 15) is 14.4 Å². The summed E-state index contributed by atoms with van der Waals surface area (Å²) in [7, 11) is 0. The van der Waals surface area contributed by atoms with Crippen LogP contribution in [0, 0.1) is 0 Å². The van der Waals surface area contributed by atoms with Gasteiger partial charge >= 0.3 is 12.1 Å². The number of nitrogens with one attached hydrogen (secondary N) is 4. The Bertz CT molecular complexity index is 1650. The topological polar surface area (TPSA) is 135 Å². The highest BCUT2D eigenvalue weighted by Crippen LogP contribution is 2.31. The second-order valence-electron chi connectivity index (χ2n) is 13.3. The summed E-state index contributed by atoms with van der Waals surface area (Å²) in [6.07, 6.45) is 5.90. The summed E-state index contributed by atoms with van der Waals surface area (Å²) >= 11 is 7.03. The van der Waals surface area contributed by atoms with Gasteiger partial charge in [-0.3, -0.25) is 4.79 Å². The van der Waals surface area contributed by atoms with Crippen molar-refractivity contribution in [3.63, 3.8) is 0 Å². The Morgan fingerprint density at radius 3 is 2.34 bits per heavy atom. The van der Waals surface area contributed by atoms with Crippen molar-refractivity contribution in [1.29, 1.82) is 0 Å². The minimum Gasteiger partial charge on any atom is -0.397 e. The number of nitrogen functional groups attached to an aromatic ring is 1. The minimum atomic E-state index is -0.860. The summed E-state index contributed by atoms with van der Waals surface area (Å²) in [5.41, 5.74) is 11.0. The number of carbonyl (C=O) groups excluding carboxylic acids is 3. The quantitative estimate of drug-likeness (QED) is 0.111. The standard InChI is InChI=1S/C37H46Br2N8O3/c38-28-22-25(23-29(39)34(28)40)24-33(35(48)42-32-11-4-3-10-31(32)41-15-7-18-45-16-5-6-17-45)44-36(49)46-19-13-27(14-20-46)47-21-12-26-8-1-2-9-30(26)43-37(47)50/h1-4,8-11,22-23,27,33,41H,5-7,12-21,24,40H2,(H,42,48)(H,43,50)(H,44,49)/t33-/m1/s1. The van der Waals surface area contributed by atoms with Gasteiger partial charge in [0, 0.05) is 53.3 Å². The fraction of sp³-hybridized carbons (Fsp3) is 0.432. The van der Waals surface area contributed by atoms with Gasteiger partial charge in [0.25, 0.3) is 0 Å². The summed E-state index contributed by atoms with van der Waals surface area (Å²) in [5, 5.41) is 12.7. The van der Waals surface area contributed by atoms with Crippen molar-refractivity contribution >= 4 is 72.6 Å². The highest BCUT2D eigenvalue weighted by Gasteiger charge is 2.33. The summed E-state index contributed by atoms with van der Waals surface area (Å²) in [6, 6.07) is 18.1. The van der Waals surface area contributed by atoms with Crippen LogP contribution in [-0.2, 0) is 17.6 Å². The average Bonchev–Trinajstić information content (AvgIpc) is 3.58. The van der Waals surface area contributed by atoms with Crippen molar-refractivity contribution in [3.05, 3.63) is 80.7 Å². The summed E-state index contributed by atoms with van der Waals surface area (Å²) in [5.74, 6) is -0.315. The summed E-state index contributed by atoms with van der Waals surface area (Å²) in [6.45, 7) is 5.77. The number of hydrogen-bond donors (Lipinski definition) is 5. The Morgan fingerprint density at radius 2 is 1.60 bits per heavy atom. The molecule has 2 saturated heterocycles. The van der Waals surface area contributed by atoms with Crippen molar-refractivity contribution < 1.29 is 14.4 Å². The van der Waals surface area contributed by atoms with Crippen molar-refractivity contribution in [1.82, 2.24) is 20.0 Å².